The van der Waals surface area contributed by atoms with Gasteiger partial charge in [0.15, 0.2) is 16.9 Å². The summed E-state index contributed by atoms with van der Waals surface area (Å²) in [6.07, 6.45) is 0.132. The number of fused-ring (bicyclic) bond motifs is 1. The summed E-state index contributed by atoms with van der Waals surface area (Å²) in [6, 6.07) is 3.39. The molecule has 0 aliphatic carbocycles. The molecule has 1 aromatic carbocycles. The molecule has 2 rings (SSSR count). The van der Waals surface area contributed by atoms with Crippen molar-refractivity contribution in [2.24, 2.45) is 7.05 Å². The molecule has 0 amide bonds. The van der Waals surface area contributed by atoms with Gasteiger partial charge in [0, 0.05) is 36.2 Å². The first-order valence-electron chi connectivity index (χ1n) is 6.86. The molecule has 0 bridgehead atoms. The van der Waals surface area contributed by atoms with E-state index >= 15 is 0 Å². The van der Waals surface area contributed by atoms with Crippen molar-refractivity contribution in [1.29, 1.82) is 0 Å². The number of rotatable bonds is 5. The molecule has 0 aliphatic heterocycles. The van der Waals surface area contributed by atoms with Gasteiger partial charge in [0.2, 0.25) is 0 Å². The van der Waals surface area contributed by atoms with Crippen LogP contribution in [0.2, 0.25) is 0 Å². The van der Waals surface area contributed by atoms with Gasteiger partial charge in [0.25, 0.3) is 0 Å². The minimum absolute atomic E-state index is 0.0745. The summed E-state index contributed by atoms with van der Waals surface area (Å²) in [5, 5.41) is 9.34. The third-order valence-electron chi connectivity index (χ3n) is 3.91. The lowest BCUT2D eigenvalue weighted by Gasteiger charge is -2.16. The van der Waals surface area contributed by atoms with E-state index in [0.29, 0.717) is 22.4 Å². The van der Waals surface area contributed by atoms with E-state index in [4.69, 9.17) is 14.6 Å². The van der Waals surface area contributed by atoms with Crippen LogP contribution in [0.3, 0.4) is 0 Å². The molecule has 118 valence electrons. The second-order valence-electron chi connectivity index (χ2n) is 5.07. The van der Waals surface area contributed by atoms with Crippen LogP contribution in [0.25, 0.3) is 10.9 Å². The van der Waals surface area contributed by atoms with Gasteiger partial charge in [0.05, 0.1) is 19.7 Å². The summed E-state index contributed by atoms with van der Waals surface area (Å²) in [7, 11) is 4.89. The molecule has 0 atom stereocenters. The Morgan fingerprint density at radius 1 is 1.23 bits per heavy atom. The zero-order chi connectivity index (χ0) is 16.4. The summed E-state index contributed by atoms with van der Waals surface area (Å²) in [5.74, 6) is 0.0942. The Hall–Kier alpha value is -2.50. The molecule has 0 saturated heterocycles. The SMILES string of the molecule is COc1cc2c(=O)c(CCC(=O)O)c(C)n(C)c2cc1OC. The van der Waals surface area contributed by atoms with E-state index in [1.54, 1.807) is 12.1 Å². The first-order chi connectivity index (χ1) is 10.4. The largest absolute Gasteiger partial charge is 0.493 e. The van der Waals surface area contributed by atoms with Gasteiger partial charge in [-0.2, -0.15) is 0 Å². The molecule has 0 aliphatic rings. The highest BCUT2D eigenvalue weighted by Crippen LogP contribution is 2.31. The summed E-state index contributed by atoms with van der Waals surface area (Å²) in [5.41, 5.74) is 1.84. The standard InChI is InChI=1S/C16H19NO5/c1-9-10(5-6-15(18)19)16(20)11-7-13(21-3)14(22-4)8-12(11)17(9)2/h7-8H,5-6H2,1-4H3,(H,18,19). The predicted octanol–water partition coefficient (Wildman–Crippen LogP) is 1.88. The number of hydrogen-bond acceptors (Lipinski definition) is 4. The molecule has 1 aromatic heterocycles. The van der Waals surface area contributed by atoms with E-state index in [-0.39, 0.29) is 18.3 Å². The van der Waals surface area contributed by atoms with Crippen molar-refractivity contribution in [1.82, 2.24) is 4.57 Å². The topological polar surface area (TPSA) is 77.8 Å². The number of aliphatic carboxylic acids is 1. The van der Waals surface area contributed by atoms with Crippen LogP contribution in [-0.2, 0) is 18.3 Å². The van der Waals surface area contributed by atoms with Gasteiger partial charge in [0.1, 0.15) is 0 Å². The predicted molar refractivity (Wildman–Crippen MR) is 83.0 cm³/mol. The minimum Gasteiger partial charge on any atom is -0.493 e. The Morgan fingerprint density at radius 3 is 2.36 bits per heavy atom. The Morgan fingerprint density at radius 2 is 1.82 bits per heavy atom. The van der Waals surface area contributed by atoms with Crippen LogP contribution in [0.1, 0.15) is 17.7 Å². The number of hydrogen-bond donors (Lipinski definition) is 1. The second kappa shape index (κ2) is 6.09. The van der Waals surface area contributed by atoms with Crippen molar-refractivity contribution in [3.05, 3.63) is 33.6 Å². The lowest BCUT2D eigenvalue weighted by atomic mass is 10.0. The lowest BCUT2D eigenvalue weighted by Crippen LogP contribution is -2.18. The summed E-state index contributed by atoms with van der Waals surface area (Å²) in [6.45, 7) is 1.81. The first-order valence-corrected chi connectivity index (χ1v) is 6.86. The Labute approximate surface area is 127 Å². The Balaban J connectivity index is 2.76. The third-order valence-corrected chi connectivity index (χ3v) is 3.91. The average Bonchev–Trinajstić information content (AvgIpc) is 2.51. The van der Waals surface area contributed by atoms with Crippen LogP contribution in [0.5, 0.6) is 11.5 Å². The summed E-state index contributed by atoms with van der Waals surface area (Å²) >= 11 is 0. The normalized spacial score (nSPS) is 10.7. The van der Waals surface area contributed by atoms with Crippen molar-refractivity contribution in [3.8, 4) is 11.5 Å². The number of benzene rings is 1. The maximum Gasteiger partial charge on any atom is 0.303 e. The number of pyridine rings is 1. The van der Waals surface area contributed by atoms with E-state index in [9.17, 15) is 9.59 Å². The maximum atomic E-state index is 12.7. The number of aromatic nitrogens is 1. The fraction of sp³-hybridized carbons (Fsp3) is 0.375. The summed E-state index contributed by atoms with van der Waals surface area (Å²) < 4.78 is 12.4. The van der Waals surface area contributed by atoms with Gasteiger partial charge in [-0.3, -0.25) is 9.59 Å². The molecule has 0 unspecified atom stereocenters. The van der Waals surface area contributed by atoms with Gasteiger partial charge in [-0.1, -0.05) is 0 Å². The zero-order valence-electron chi connectivity index (χ0n) is 13.1. The monoisotopic (exact) mass is 305 g/mol. The lowest BCUT2D eigenvalue weighted by molar-refractivity contribution is -0.136. The number of nitrogens with zero attached hydrogens (tertiary/aromatic N) is 1. The number of ether oxygens (including phenoxy) is 2. The van der Waals surface area contributed by atoms with Crippen molar-refractivity contribution < 1.29 is 19.4 Å². The highest BCUT2D eigenvalue weighted by atomic mass is 16.5. The Kier molecular flexibility index (Phi) is 4.40. The van der Waals surface area contributed by atoms with Crippen LogP contribution in [0, 0.1) is 6.92 Å². The third kappa shape index (κ3) is 2.64. The molecule has 6 nitrogen and oxygen atoms in total. The molecule has 1 N–H and O–H groups in total. The van der Waals surface area contributed by atoms with Gasteiger partial charge >= 0.3 is 5.97 Å². The van der Waals surface area contributed by atoms with Gasteiger partial charge in [-0.25, -0.2) is 0 Å². The van der Waals surface area contributed by atoms with E-state index in [0.717, 1.165) is 11.2 Å². The highest BCUT2D eigenvalue weighted by molar-refractivity contribution is 5.84. The maximum absolute atomic E-state index is 12.7. The number of carboxylic acids is 1. The molecule has 22 heavy (non-hydrogen) atoms. The second-order valence-corrected chi connectivity index (χ2v) is 5.07. The molecular weight excluding hydrogens is 286 g/mol. The number of methoxy groups -OCH3 is 2. The quantitative estimate of drug-likeness (QED) is 0.912. The average molecular weight is 305 g/mol. The molecular formula is C16H19NO5. The molecule has 0 radical (unpaired) electrons. The fourth-order valence-corrected chi connectivity index (χ4v) is 2.56. The van der Waals surface area contributed by atoms with Crippen molar-refractivity contribution in [2.45, 2.75) is 19.8 Å². The number of carbonyl (C=O) groups is 1. The molecule has 0 spiro atoms. The fourth-order valence-electron chi connectivity index (χ4n) is 2.56. The number of aryl methyl sites for hydroxylation is 1. The van der Waals surface area contributed by atoms with Crippen molar-refractivity contribution >= 4 is 16.9 Å². The van der Waals surface area contributed by atoms with Crippen molar-refractivity contribution in [3.63, 3.8) is 0 Å². The Bertz CT molecular complexity index is 791. The molecule has 0 fully saturated rings. The zero-order valence-corrected chi connectivity index (χ0v) is 13.1. The van der Waals surface area contributed by atoms with Gasteiger partial charge in [-0.05, 0) is 19.4 Å². The minimum atomic E-state index is -0.922. The van der Waals surface area contributed by atoms with Crippen LogP contribution in [-0.4, -0.2) is 29.9 Å². The van der Waals surface area contributed by atoms with E-state index < -0.39 is 5.97 Å². The van der Waals surface area contributed by atoms with Gasteiger partial charge in [-0.15, -0.1) is 0 Å². The molecule has 1 heterocycles. The molecule has 0 saturated carbocycles. The molecule has 6 heteroatoms. The van der Waals surface area contributed by atoms with Gasteiger partial charge < -0.3 is 19.1 Å². The highest BCUT2D eigenvalue weighted by Gasteiger charge is 2.16. The molecule has 2 aromatic rings. The number of carboxylic acid groups (broad SMARTS) is 1. The van der Waals surface area contributed by atoms with Crippen LogP contribution in [0.15, 0.2) is 16.9 Å². The van der Waals surface area contributed by atoms with E-state index in [1.807, 2.05) is 18.5 Å². The smallest absolute Gasteiger partial charge is 0.303 e. The van der Waals surface area contributed by atoms with Crippen LogP contribution in [0.4, 0.5) is 0 Å². The van der Waals surface area contributed by atoms with E-state index in [2.05, 4.69) is 0 Å². The summed E-state index contributed by atoms with van der Waals surface area (Å²) in [4.78, 5) is 23.5. The van der Waals surface area contributed by atoms with Crippen LogP contribution >= 0.6 is 0 Å². The van der Waals surface area contributed by atoms with Crippen LogP contribution < -0.4 is 14.9 Å². The van der Waals surface area contributed by atoms with E-state index in [1.165, 1.54) is 14.2 Å². The first kappa shape index (κ1) is 15.9. The van der Waals surface area contributed by atoms with Crippen molar-refractivity contribution in [2.75, 3.05) is 14.2 Å².